The Morgan fingerprint density at radius 1 is 1.33 bits per heavy atom. The molecule has 0 aromatic carbocycles. The molecule has 1 saturated carbocycles. The molecule has 8 nitrogen and oxygen atoms in total. The lowest BCUT2D eigenvalue weighted by atomic mass is 9.91. The smallest absolute Gasteiger partial charge is 0.224 e. The standard InChI is InChI=1S/C16H21N7O/c1-23-8-9(6-19-23)14-13-12(7-18-15(13)24)21-16(22-14)20-11-5-3-2-4-10(11)17/h6-8,10-11,18,24H,2-5,17H2,1H3,(H,20,21)/t10-,11+/m0/s1. The molecule has 3 aromatic rings. The average molecular weight is 327 g/mol. The Kier molecular flexibility index (Phi) is 3.61. The van der Waals surface area contributed by atoms with Crippen LogP contribution in [0.4, 0.5) is 5.95 Å². The Morgan fingerprint density at radius 3 is 2.92 bits per heavy atom. The number of aromatic amines is 1. The third-order valence-electron chi connectivity index (χ3n) is 4.63. The SMILES string of the molecule is Cn1cc(-c2nc(N[C@@H]3CCCC[C@@H]3N)nc3c[nH]c(O)c23)cn1. The normalized spacial score (nSPS) is 21.2. The highest BCUT2D eigenvalue weighted by molar-refractivity contribution is 5.96. The second-order valence-corrected chi connectivity index (χ2v) is 6.40. The molecule has 0 saturated heterocycles. The average Bonchev–Trinajstić information content (AvgIpc) is 3.16. The third kappa shape index (κ3) is 2.58. The molecule has 0 unspecified atom stereocenters. The van der Waals surface area contributed by atoms with Gasteiger partial charge < -0.3 is 21.1 Å². The molecule has 4 rings (SSSR count). The zero-order valence-electron chi connectivity index (χ0n) is 13.5. The van der Waals surface area contributed by atoms with Gasteiger partial charge in [-0.1, -0.05) is 12.8 Å². The zero-order valence-corrected chi connectivity index (χ0v) is 13.5. The highest BCUT2D eigenvalue weighted by Crippen LogP contribution is 2.33. The summed E-state index contributed by atoms with van der Waals surface area (Å²) in [6, 6.07) is 0.282. The van der Waals surface area contributed by atoms with Crippen molar-refractivity contribution in [2.75, 3.05) is 5.32 Å². The lowest BCUT2D eigenvalue weighted by Gasteiger charge is -2.29. The Labute approximate surface area is 139 Å². The minimum absolute atomic E-state index is 0.0600. The van der Waals surface area contributed by atoms with E-state index in [1.807, 2.05) is 13.2 Å². The fraction of sp³-hybridized carbons (Fsp3) is 0.438. The molecule has 126 valence electrons. The van der Waals surface area contributed by atoms with E-state index in [-0.39, 0.29) is 18.0 Å². The Bertz CT molecular complexity index is 869. The summed E-state index contributed by atoms with van der Waals surface area (Å²) in [6.45, 7) is 0. The molecule has 0 bridgehead atoms. The van der Waals surface area contributed by atoms with Crippen LogP contribution in [0.5, 0.6) is 5.88 Å². The molecule has 1 aliphatic rings. The van der Waals surface area contributed by atoms with Crippen LogP contribution in [-0.4, -0.2) is 41.9 Å². The fourth-order valence-corrected chi connectivity index (χ4v) is 3.35. The second-order valence-electron chi connectivity index (χ2n) is 6.40. The summed E-state index contributed by atoms with van der Waals surface area (Å²) in [5, 5.41) is 18.3. The molecule has 8 heteroatoms. The second kappa shape index (κ2) is 5.79. The maximum absolute atomic E-state index is 10.1. The van der Waals surface area contributed by atoms with Crippen LogP contribution in [0.3, 0.4) is 0 Å². The van der Waals surface area contributed by atoms with Crippen LogP contribution in [0.1, 0.15) is 25.7 Å². The first kappa shape index (κ1) is 14.9. The van der Waals surface area contributed by atoms with Crippen LogP contribution in [0.2, 0.25) is 0 Å². The van der Waals surface area contributed by atoms with Crippen molar-refractivity contribution in [2.45, 2.75) is 37.8 Å². The quantitative estimate of drug-likeness (QED) is 0.582. The van der Waals surface area contributed by atoms with E-state index in [1.165, 1.54) is 6.42 Å². The zero-order chi connectivity index (χ0) is 16.7. The summed E-state index contributed by atoms with van der Waals surface area (Å²) in [5.41, 5.74) is 8.36. The minimum Gasteiger partial charge on any atom is -0.494 e. The molecule has 2 atom stereocenters. The van der Waals surface area contributed by atoms with Crippen molar-refractivity contribution in [1.29, 1.82) is 0 Å². The molecule has 1 fully saturated rings. The Balaban J connectivity index is 1.77. The van der Waals surface area contributed by atoms with Gasteiger partial charge in [0.2, 0.25) is 5.95 Å². The molecule has 3 heterocycles. The lowest BCUT2D eigenvalue weighted by Crippen LogP contribution is -2.42. The molecule has 0 spiro atoms. The van der Waals surface area contributed by atoms with Crippen LogP contribution < -0.4 is 11.1 Å². The number of anilines is 1. The first-order valence-corrected chi connectivity index (χ1v) is 8.21. The number of H-pyrrole nitrogens is 1. The van der Waals surface area contributed by atoms with E-state index >= 15 is 0 Å². The number of aromatic nitrogens is 5. The number of aryl methyl sites for hydroxylation is 1. The van der Waals surface area contributed by atoms with Gasteiger partial charge in [-0.15, -0.1) is 0 Å². The van der Waals surface area contributed by atoms with Gasteiger partial charge in [0, 0.05) is 37.1 Å². The topological polar surface area (TPSA) is 118 Å². The number of rotatable bonds is 3. The number of hydrogen-bond acceptors (Lipinski definition) is 6. The minimum atomic E-state index is 0.0600. The van der Waals surface area contributed by atoms with Crippen LogP contribution in [0, 0.1) is 0 Å². The molecular weight excluding hydrogens is 306 g/mol. The van der Waals surface area contributed by atoms with Gasteiger partial charge >= 0.3 is 0 Å². The number of nitrogens with two attached hydrogens (primary N) is 1. The van der Waals surface area contributed by atoms with Crippen LogP contribution in [0.25, 0.3) is 22.2 Å². The molecule has 0 aliphatic heterocycles. The van der Waals surface area contributed by atoms with Crippen molar-refractivity contribution >= 4 is 16.9 Å². The van der Waals surface area contributed by atoms with Crippen molar-refractivity contribution in [3.8, 4) is 17.1 Å². The van der Waals surface area contributed by atoms with Gasteiger partial charge in [-0.3, -0.25) is 4.68 Å². The maximum Gasteiger partial charge on any atom is 0.224 e. The lowest BCUT2D eigenvalue weighted by molar-refractivity contribution is 0.402. The molecule has 0 amide bonds. The summed E-state index contributed by atoms with van der Waals surface area (Å²) in [5.74, 6) is 0.590. The van der Waals surface area contributed by atoms with Gasteiger partial charge in [0.15, 0.2) is 5.88 Å². The number of hydrogen-bond donors (Lipinski definition) is 4. The molecule has 0 radical (unpaired) electrons. The van der Waals surface area contributed by atoms with Crippen molar-refractivity contribution < 1.29 is 5.11 Å². The highest BCUT2D eigenvalue weighted by Gasteiger charge is 2.23. The van der Waals surface area contributed by atoms with E-state index in [4.69, 9.17) is 5.73 Å². The van der Waals surface area contributed by atoms with Crippen LogP contribution >= 0.6 is 0 Å². The van der Waals surface area contributed by atoms with E-state index in [9.17, 15) is 5.11 Å². The van der Waals surface area contributed by atoms with Gasteiger partial charge in [-0.2, -0.15) is 5.10 Å². The third-order valence-corrected chi connectivity index (χ3v) is 4.63. The predicted octanol–water partition coefficient (Wildman–Crippen LogP) is 1.75. The molecule has 5 N–H and O–H groups in total. The van der Waals surface area contributed by atoms with Gasteiger partial charge in [-0.25, -0.2) is 9.97 Å². The maximum atomic E-state index is 10.1. The first-order chi connectivity index (χ1) is 11.6. The summed E-state index contributed by atoms with van der Waals surface area (Å²) in [7, 11) is 1.85. The van der Waals surface area contributed by atoms with Crippen molar-refractivity contribution in [2.24, 2.45) is 12.8 Å². The molecule has 1 aliphatic carbocycles. The number of nitrogens with zero attached hydrogens (tertiary/aromatic N) is 4. The van der Waals surface area contributed by atoms with Gasteiger partial charge in [0.05, 0.1) is 22.8 Å². The van der Waals surface area contributed by atoms with E-state index in [0.717, 1.165) is 24.8 Å². The summed E-state index contributed by atoms with van der Waals surface area (Å²) in [6.07, 6.45) is 9.64. The summed E-state index contributed by atoms with van der Waals surface area (Å²) < 4.78 is 1.71. The first-order valence-electron chi connectivity index (χ1n) is 8.21. The Morgan fingerprint density at radius 2 is 2.17 bits per heavy atom. The number of nitrogens with one attached hydrogen (secondary N) is 2. The van der Waals surface area contributed by atoms with Crippen LogP contribution in [0.15, 0.2) is 18.6 Å². The van der Waals surface area contributed by atoms with E-state index in [2.05, 4.69) is 25.4 Å². The summed E-state index contributed by atoms with van der Waals surface area (Å²) >= 11 is 0. The van der Waals surface area contributed by atoms with Gasteiger partial charge in [0.1, 0.15) is 0 Å². The van der Waals surface area contributed by atoms with E-state index < -0.39 is 0 Å². The van der Waals surface area contributed by atoms with Gasteiger partial charge in [-0.05, 0) is 12.8 Å². The van der Waals surface area contributed by atoms with E-state index in [0.29, 0.717) is 22.5 Å². The molecular formula is C16H21N7O. The molecule has 24 heavy (non-hydrogen) atoms. The van der Waals surface area contributed by atoms with Crippen molar-refractivity contribution in [3.05, 3.63) is 18.6 Å². The largest absolute Gasteiger partial charge is 0.494 e. The highest BCUT2D eigenvalue weighted by atomic mass is 16.3. The number of fused-ring (bicyclic) bond motifs is 1. The van der Waals surface area contributed by atoms with Crippen molar-refractivity contribution in [3.63, 3.8) is 0 Å². The number of aromatic hydroxyl groups is 1. The van der Waals surface area contributed by atoms with Gasteiger partial charge in [0.25, 0.3) is 0 Å². The van der Waals surface area contributed by atoms with E-state index in [1.54, 1.807) is 17.1 Å². The fourth-order valence-electron chi connectivity index (χ4n) is 3.35. The molecule has 3 aromatic heterocycles. The van der Waals surface area contributed by atoms with Crippen molar-refractivity contribution in [1.82, 2.24) is 24.7 Å². The predicted molar refractivity (Wildman–Crippen MR) is 91.6 cm³/mol. The Hall–Kier alpha value is -2.61. The van der Waals surface area contributed by atoms with Crippen LogP contribution in [-0.2, 0) is 7.05 Å². The monoisotopic (exact) mass is 327 g/mol. The summed E-state index contributed by atoms with van der Waals surface area (Å²) in [4.78, 5) is 12.0.